The first-order valence-electron chi connectivity index (χ1n) is 3.44. The predicted octanol–water partition coefficient (Wildman–Crippen LogP) is 0.619. The zero-order valence-corrected chi connectivity index (χ0v) is 6.86. The van der Waals surface area contributed by atoms with Gasteiger partial charge in [-0.05, 0) is 12.8 Å². The molecular weight excluding hydrogens is 149 g/mol. The topological polar surface area (TPSA) is 49.3 Å². The second-order valence-electron chi connectivity index (χ2n) is 2.65. The van der Waals surface area contributed by atoms with Crippen molar-refractivity contribution in [2.45, 2.75) is 25.3 Å². The Morgan fingerprint density at radius 3 is 2.70 bits per heavy atom. The van der Waals surface area contributed by atoms with Gasteiger partial charge in [0.2, 0.25) is 0 Å². The molecule has 0 bridgehead atoms. The van der Waals surface area contributed by atoms with Crippen molar-refractivity contribution in [2.24, 2.45) is 5.92 Å². The molecule has 0 aromatic heterocycles. The van der Waals surface area contributed by atoms with E-state index < -0.39 is 5.97 Å². The van der Waals surface area contributed by atoms with E-state index in [1.807, 2.05) is 0 Å². The van der Waals surface area contributed by atoms with E-state index in [2.05, 4.69) is 14.5 Å². The van der Waals surface area contributed by atoms with Gasteiger partial charge in [0, 0.05) is 6.04 Å². The molecule has 1 saturated carbocycles. The van der Waals surface area contributed by atoms with Crippen molar-refractivity contribution in [3.8, 4) is 0 Å². The number of hydrogen-bond acceptors (Lipinski definition) is 2. The van der Waals surface area contributed by atoms with Gasteiger partial charge >= 0.3 is 5.97 Å². The molecule has 58 valence electrons. The smallest absolute Gasteiger partial charge is 0.308 e. The summed E-state index contributed by atoms with van der Waals surface area (Å²) in [6.07, 6.45) is 2.84. The number of carboxylic acids is 1. The van der Waals surface area contributed by atoms with Crippen molar-refractivity contribution in [2.75, 3.05) is 0 Å². The normalized spacial score (nSPS) is 32.5. The fourth-order valence-corrected chi connectivity index (χ4v) is 1.85. The van der Waals surface area contributed by atoms with Gasteiger partial charge in [0.15, 0.2) is 0 Å². The molecule has 1 rings (SSSR count). The monoisotopic (exact) mass is 161 g/mol. The van der Waals surface area contributed by atoms with Gasteiger partial charge in [-0.15, -0.1) is 0 Å². The highest BCUT2D eigenvalue weighted by Gasteiger charge is 2.31. The molecule has 0 aromatic rings. The van der Waals surface area contributed by atoms with Gasteiger partial charge in [-0.1, -0.05) is 15.8 Å². The summed E-state index contributed by atoms with van der Waals surface area (Å²) in [4.78, 5) is 10.5. The van der Waals surface area contributed by atoms with Crippen LogP contribution < -0.4 is 5.09 Å². The molecule has 1 aliphatic rings. The van der Waals surface area contributed by atoms with Crippen molar-refractivity contribution in [1.82, 2.24) is 5.09 Å². The van der Waals surface area contributed by atoms with Crippen LogP contribution in [-0.4, -0.2) is 17.1 Å². The maximum Gasteiger partial charge on any atom is 0.308 e. The molecule has 3 nitrogen and oxygen atoms in total. The molecule has 0 amide bonds. The Kier molecular flexibility index (Phi) is 2.64. The molecule has 0 heterocycles. The van der Waals surface area contributed by atoms with Crippen molar-refractivity contribution in [3.05, 3.63) is 0 Å². The molecule has 1 fully saturated rings. The second kappa shape index (κ2) is 3.31. The van der Waals surface area contributed by atoms with Crippen molar-refractivity contribution < 1.29 is 9.90 Å². The van der Waals surface area contributed by atoms with Crippen molar-refractivity contribution in [3.63, 3.8) is 0 Å². The highest BCUT2D eigenvalue weighted by Crippen LogP contribution is 2.26. The zero-order chi connectivity index (χ0) is 7.56. The summed E-state index contributed by atoms with van der Waals surface area (Å²) >= 11 is 0. The average molecular weight is 161 g/mol. The van der Waals surface area contributed by atoms with Gasteiger partial charge < -0.3 is 5.11 Å². The quantitative estimate of drug-likeness (QED) is 0.583. The zero-order valence-electron chi connectivity index (χ0n) is 5.71. The van der Waals surface area contributed by atoms with Crippen LogP contribution in [0.5, 0.6) is 0 Å². The average Bonchev–Trinajstić information content (AvgIpc) is 2.33. The molecule has 2 unspecified atom stereocenters. The highest BCUT2D eigenvalue weighted by molar-refractivity contribution is 7.13. The minimum absolute atomic E-state index is 0.169. The van der Waals surface area contributed by atoms with Crippen LogP contribution in [0, 0.1) is 5.92 Å². The third-order valence-corrected chi connectivity index (χ3v) is 2.48. The largest absolute Gasteiger partial charge is 0.481 e. The number of carbonyl (C=O) groups is 1. The van der Waals surface area contributed by atoms with Gasteiger partial charge in [-0.25, -0.2) is 0 Å². The first kappa shape index (κ1) is 7.96. The van der Waals surface area contributed by atoms with Crippen LogP contribution in [0.3, 0.4) is 0 Å². The first-order valence-corrected chi connectivity index (χ1v) is 4.02. The van der Waals surface area contributed by atoms with Crippen LogP contribution in [0.1, 0.15) is 19.3 Å². The lowest BCUT2D eigenvalue weighted by Gasteiger charge is -2.13. The number of rotatable bonds is 2. The summed E-state index contributed by atoms with van der Waals surface area (Å²) in [7, 11) is 2.38. The minimum Gasteiger partial charge on any atom is -0.481 e. The SMILES string of the molecule is O=C(O)[C@H]1CCCC1NP. The molecule has 0 radical (unpaired) electrons. The van der Waals surface area contributed by atoms with E-state index in [0.29, 0.717) is 0 Å². The van der Waals surface area contributed by atoms with E-state index in [1.165, 1.54) is 0 Å². The van der Waals surface area contributed by atoms with Gasteiger partial charge in [0.25, 0.3) is 0 Å². The fourth-order valence-electron chi connectivity index (χ4n) is 1.46. The van der Waals surface area contributed by atoms with Crippen LogP contribution in [0.15, 0.2) is 0 Å². The Bertz CT molecular complexity index is 140. The molecule has 10 heavy (non-hydrogen) atoms. The van der Waals surface area contributed by atoms with Crippen LogP contribution >= 0.6 is 9.39 Å². The van der Waals surface area contributed by atoms with Gasteiger partial charge in [-0.2, -0.15) is 0 Å². The van der Waals surface area contributed by atoms with E-state index in [1.54, 1.807) is 0 Å². The number of carboxylic acid groups (broad SMARTS) is 1. The number of aliphatic carboxylic acids is 1. The lowest BCUT2D eigenvalue weighted by Crippen LogP contribution is -2.30. The molecule has 3 atom stereocenters. The first-order chi connectivity index (χ1) is 4.75. The van der Waals surface area contributed by atoms with Crippen molar-refractivity contribution in [1.29, 1.82) is 0 Å². The summed E-state index contributed by atoms with van der Waals surface area (Å²) in [5, 5.41) is 11.6. The lowest BCUT2D eigenvalue weighted by molar-refractivity contribution is -0.141. The van der Waals surface area contributed by atoms with E-state index in [-0.39, 0.29) is 12.0 Å². The standard InChI is InChI=1S/C6H12NO2P/c8-6(9)4-2-1-3-5(4)7-10/h4-5,7H,1-3,10H2,(H,8,9)/t4-,5?/m0/s1. The Hall–Kier alpha value is -0.140. The minimum atomic E-state index is -0.669. The van der Waals surface area contributed by atoms with Crippen LogP contribution in [0.4, 0.5) is 0 Å². The second-order valence-corrected chi connectivity index (χ2v) is 2.98. The van der Waals surface area contributed by atoms with Gasteiger partial charge in [0.05, 0.1) is 5.92 Å². The lowest BCUT2D eigenvalue weighted by atomic mass is 10.1. The van der Waals surface area contributed by atoms with Gasteiger partial charge in [-0.3, -0.25) is 9.88 Å². The molecule has 1 aliphatic carbocycles. The molecular formula is C6H12NO2P. The highest BCUT2D eigenvalue weighted by atomic mass is 31.0. The van der Waals surface area contributed by atoms with Gasteiger partial charge in [0.1, 0.15) is 0 Å². The summed E-state index contributed by atoms with van der Waals surface area (Å²) in [5.74, 6) is -0.838. The summed E-state index contributed by atoms with van der Waals surface area (Å²) < 4.78 is 0. The Morgan fingerprint density at radius 2 is 2.30 bits per heavy atom. The Balaban J connectivity index is 2.50. The molecule has 0 aliphatic heterocycles. The maximum absolute atomic E-state index is 10.5. The molecule has 0 aromatic carbocycles. The van der Waals surface area contributed by atoms with E-state index in [4.69, 9.17) is 5.11 Å². The summed E-state index contributed by atoms with van der Waals surface area (Å²) in [5.41, 5.74) is 0. The van der Waals surface area contributed by atoms with Crippen LogP contribution in [-0.2, 0) is 4.79 Å². The Morgan fingerprint density at radius 1 is 1.60 bits per heavy atom. The maximum atomic E-state index is 10.5. The molecule has 2 N–H and O–H groups in total. The van der Waals surface area contributed by atoms with Crippen LogP contribution in [0.2, 0.25) is 0 Å². The van der Waals surface area contributed by atoms with E-state index in [9.17, 15) is 4.79 Å². The Labute approximate surface area is 62.4 Å². The van der Waals surface area contributed by atoms with E-state index in [0.717, 1.165) is 19.3 Å². The number of hydrogen-bond donors (Lipinski definition) is 2. The third-order valence-electron chi connectivity index (χ3n) is 2.05. The van der Waals surface area contributed by atoms with E-state index >= 15 is 0 Å². The molecule has 4 heteroatoms. The third kappa shape index (κ3) is 1.47. The summed E-state index contributed by atoms with van der Waals surface area (Å²) in [6, 6.07) is 0.169. The van der Waals surface area contributed by atoms with Crippen LogP contribution in [0.25, 0.3) is 0 Å². The predicted molar refractivity (Wildman–Crippen MR) is 41.6 cm³/mol. The molecule has 0 spiro atoms. The van der Waals surface area contributed by atoms with Crippen molar-refractivity contribution >= 4 is 15.4 Å². The number of nitrogens with one attached hydrogen (secondary N) is 1. The fraction of sp³-hybridized carbons (Fsp3) is 0.833. The molecule has 0 saturated heterocycles. The summed E-state index contributed by atoms with van der Waals surface area (Å²) in [6.45, 7) is 0.